The number of phosphoric acid groups is 1. The van der Waals surface area contributed by atoms with E-state index in [4.69, 9.17) is 24.3 Å². The Kier molecular flexibility index (Phi) is 51.6. The van der Waals surface area contributed by atoms with Crippen molar-refractivity contribution >= 4 is 19.8 Å². The van der Waals surface area contributed by atoms with Gasteiger partial charge >= 0.3 is 19.8 Å². The van der Waals surface area contributed by atoms with E-state index < -0.39 is 32.5 Å². The molecule has 0 bridgehead atoms. The SMILES string of the molecule is CC/C=C\C/C=C\C/C=C\C/C=C\C/C=C\C/C=C\C/C=C\C/C=C\CCCCCCC(=O)OC(COC(=O)CCCCCCC/C=C\C/C=C\C/C=C\C/C=C\C/C=C\CC)COP(=O)(O)OCCN. The van der Waals surface area contributed by atoms with Gasteiger partial charge in [0.1, 0.15) is 6.61 Å². The quantitative estimate of drug-likeness (QED) is 0.0264. The average molecular weight is 1000 g/mol. The molecule has 0 aliphatic rings. The van der Waals surface area contributed by atoms with Crippen LogP contribution in [0.2, 0.25) is 0 Å². The van der Waals surface area contributed by atoms with Crippen LogP contribution in [0.1, 0.15) is 181 Å². The minimum absolute atomic E-state index is 0.0359. The van der Waals surface area contributed by atoms with Crippen LogP contribution < -0.4 is 5.73 Å². The lowest BCUT2D eigenvalue weighted by Crippen LogP contribution is -2.29. The van der Waals surface area contributed by atoms with Crippen LogP contribution in [0, 0.1) is 0 Å². The van der Waals surface area contributed by atoms with Crippen molar-refractivity contribution in [1.82, 2.24) is 0 Å². The highest BCUT2D eigenvalue weighted by Crippen LogP contribution is 2.43. The van der Waals surface area contributed by atoms with Crippen LogP contribution in [0.25, 0.3) is 0 Å². The van der Waals surface area contributed by atoms with E-state index in [0.29, 0.717) is 12.8 Å². The summed E-state index contributed by atoms with van der Waals surface area (Å²) in [5.74, 6) is -0.895. The number of allylic oxidation sites excluding steroid dienone is 26. The zero-order valence-corrected chi connectivity index (χ0v) is 45.0. The highest BCUT2D eigenvalue weighted by Gasteiger charge is 2.26. The second-order valence-corrected chi connectivity index (χ2v) is 18.4. The zero-order chi connectivity index (χ0) is 51.7. The summed E-state index contributed by atoms with van der Waals surface area (Å²) in [6, 6.07) is 0. The van der Waals surface area contributed by atoms with Crippen molar-refractivity contribution in [2.24, 2.45) is 5.73 Å². The molecule has 0 aliphatic carbocycles. The summed E-state index contributed by atoms with van der Waals surface area (Å²) in [5.41, 5.74) is 5.37. The first-order chi connectivity index (χ1) is 34.8. The Hall–Kier alpha value is -4.37. The van der Waals surface area contributed by atoms with E-state index in [-0.39, 0.29) is 32.6 Å². The zero-order valence-electron chi connectivity index (χ0n) is 44.1. The lowest BCUT2D eigenvalue weighted by molar-refractivity contribution is -0.161. The summed E-state index contributed by atoms with van der Waals surface area (Å²) < 4.78 is 32.9. The molecule has 0 heterocycles. The van der Waals surface area contributed by atoms with Gasteiger partial charge in [-0.1, -0.05) is 204 Å². The number of hydrogen-bond donors (Lipinski definition) is 2. The molecule has 9 nitrogen and oxygen atoms in total. The van der Waals surface area contributed by atoms with Crippen LogP contribution >= 0.6 is 7.82 Å². The normalized spacial score (nSPS) is 14.4. The highest BCUT2D eigenvalue weighted by atomic mass is 31.2. The molecule has 0 aliphatic heterocycles. The Labute approximate surface area is 432 Å². The second-order valence-electron chi connectivity index (χ2n) is 17.0. The standard InChI is InChI=1S/C61H96NO8P/c1-3-5-7-9-11-13-15-17-19-21-23-25-26-27-28-29-30-31-32-34-36-38-40-42-44-46-48-50-52-54-61(64)70-59(58-69-71(65,66)68-56-55-62)57-67-60(63)53-51-49-47-45-43-41-39-37-35-33-24-22-20-18-16-14-12-10-8-6-4-2/h5-8,11-14,17-20,23-25,27-28,30-31,33-34,36-37,39-40,42,59H,3-4,9-10,15-16,21-22,26,29,32,35,38,41,43-58,62H2,1-2H3,(H,65,66)/b7-5-,8-6-,13-11-,14-12-,19-17-,20-18-,25-23-,28-27-,31-30-,33-24-,36-34-,39-37-,42-40-. The van der Waals surface area contributed by atoms with Gasteiger partial charge in [-0.25, -0.2) is 4.57 Å². The molecule has 0 radical (unpaired) electrons. The number of carbonyl (C=O) groups is 2. The molecule has 71 heavy (non-hydrogen) atoms. The molecule has 0 saturated heterocycles. The molecule has 2 unspecified atom stereocenters. The Morgan fingerprint density at radius 3 is 1.08 bits per heavy atom. The van der Waals surface area contributed by atoms with Crippen molar-refractivity contribution in [2.75, 3.05) is 26.4 Å². The fraction of sp³-hybridized carbons (Fsp3) is 0.541. The van der Waals surface area contributed by atoms with Gasteiger partial charge in [-0.2, -0.15) is 0 Å². The summed E-state index contributed by atoms with van der Waals surface area (Å²) in [6.45, 7) is 3.43. The first-order valence-corrected chi connectivity index (χ1v) is 28.5. The van der Waals surface area contributed by atoms with Crippen molar-refractivity contribution in [3.8, 4) is 0 Å². The van der Waals surface area contributed by atoms with Gasteiger partial charge in [0, 0.05) is 19.4 Å². The Balaban J connectivity index is 4.19. The van der Waals surface area contributed by atoms with Crippen LogP contribution in [0.5, 0.6) is 0 Å². The van der Waals surface area contributed by atoms with E-state index in [2.05, 4.69) is 172 Å². The van der Waals surface area contributed by atoms with E-state index in [1.54, 1.807) is 0 Å². The number of esters is 2. The van der Waals surface area contributed by atoms with Crippen molar-refractivity contribution in [3.05, 3.63) is 158 Å². The lowest BCUT2D eigenvalue weighted by Gasteiger charge is -2.19. The smallest absolute Gasteiger partial charge is 0.462 e. The summed E-state index contributed by atoms with van der Waals surface area (Å²) in [6.07, 6.45) is 79.9. The first-order valence-electron chi connectivity index (χ1n) is 27.0. The molecule has 0 rings (SSSR count). The predicted molar refractivity (Wildman–Crippen MR) is 302 cm³/mol. The van der Waals surface area contributed by atoms with Crippen molar-refractivity contribution in [3.63, 3.8) is 0 Å². The van der Waals surface area contributed by atoms with Gasteiger partial charge in [0.25, 0.3) is 0 Å². The van der Waals surface area contributed by atoms with Crippen LogP contribution in [0.4, 0.5) is 0 Å². The van der Waals surface area contributed by atoms with Crippen LogP contribution in [-0.2, 0) is 32.7 Å². The van der Waals surface area contributed by atoms with Crippen LogP contribution in [0.3, 0.4) is 0 Å². The topological polar surface area (TPSA) is 134 Å². The largest absolute Gasteiger partial charge is 0.472 e. The fourth-order valence-electron chi connectivity index (χ4n) is 6.50. The fourth-order valence-corrected chi connectivity index (χ4v) is 7.26. The van der Waals surface area contributed by atoms with E-state index in [1.165, 1.54) is 0 Å². The van der Waals surface area contributed by atoms with Crippen LogP contribution in [0.15, 0.2) is 158 Å². The number of hydrogen-bond acceptors (Lipinski definition) is 8. The van der Waals surface area contributed by atoms with Gasteiger partial charge in [0.15, 0.2) is 6.10 Å². The van der Waals surface area contributed by atoms with Crippen molar-refractivity contribution in [1.29, 1.82) is 0 Å². The monoisotopic (exact) mass is 1000 g/mol. The third kappa shape index (κ3) is 54.8. The molecule has 3 N–H and O–H groups in total. The molecule has 0 aromatic heterocycles. The average Bonchev–Trinajstić information content (AvgIpc) is 3.36. The van der Waals surface area contributed by atoms with Gasteiger partial charge in [-0.05, 0) is 122 Å². The first kappa shape index (κ1) is 66.6. The van der Waals surface area contributed by atoms with E-state index in [0.717, 1.165) is 141 Å². The van der Waals surface area contributed by atoms with Gasteiger partial charge in [-0.15, -0.1) is 0 Å². The van der Waals surface area contributed by atoms with Crippen molar-refractivity contribution < 1.29 is 37.6 Å². The van der Waals surface area contributed by atoms with Gasteiger partial charge < -0.3 is 20.1 Å². The number of carbonyl (C=O) groups excluding carboxylic acids is 2. The van der Waals surface area contributed by atoms with Gasteiger partial charge in [0.05, 0.1) is 13.2 Å². The molecule has 0 amide bonds. The lowest BCUT2D eigenvalue weighted by atomic mass is 10.1. The molecule has 0 aromatic carbocycles. The number of nitrogens with two attached hydrogens (primary N) is 1. The third-order valence-corrected chi connectivity index (χ3v) is 11.4. The maximum absolute atomic E-state index is 12.7. The number of unbranched alkanes of at least 4 members (excludes halogenated alkanes) is 9. The second kappa shape index (κ2) is 55.0. The molecular weight excluding hydrogens is 906 g/mol. The molecule has 0 saturated carbocycles. The summed E-state index contributed by atoms with van der Waals surface area (Å²) in [7, 11) is -4.41. The maximum Gasteiger partial charge on any atom is 0.472 e. The molecule has 0 aromatic rings. The minimum atomic E-state index is -4.41. The third-order valence-electron chi connectivity index (χ3n) is 10.4. The number of rotatable bonds is 48. The number of ether oxygens (including phenoxy) is 2. The van der Waals surface area contributed by atoms with E-state index >= 15 is 0 Å². The minimum Gasteiger partial charge on any atom is -0.462 e. The summed E-state index contributed by atoms with van der Waals surface area (Å²) in [5, 5.41) is 0. The van der Waals surface area contributed by atoms with Crippen molar-refractivity contribution in [2.45, 2.75) is 187 Å². The molecular formula is C61H96NO8P. The van der Waals surface area contributed by atoms with Gasteiger partial charge in [0.2, 0.25) is 0 Å². The van der Waals surface area contributed by atoms with E-state index in [1.807, 2.05) is 0 Å². The Morgan fingerprint density at radius 2 is 0.732 bits per heavy atom. The van der Waals surface area contributed by atoms with Crippen LogP contribution in [-0.4, -0.2) is 49.3 Å². The summed E-state index contributed by atoms with van der Waals surface area (Å²) in [4.78, 5) is 35.1. The van der Waals surface area contributed by atoms with Gasteiger partial charge in [-0.3, -0.25) is 18.6 Å². The summed E-state index contributed by atoms with van der Waals surface area (Å²) >= 11 is 0. The number of phosphoric ester groups is 1. The molecule has 10 heteroatoms. The molecule has 398 valence electrons. The predicted octanol–water partition coefficient (Wildman–Crippen LogP) is 16.9. The Bertz CT molecular complexity index is 1710. The highest BCUT2D eigenvalue weighted by molar-refractivity contribution is 7.47. The molecule has 0 spiro atoms. The molecule has 2 atom stereocenters. The van der Waals surface area contributed by atoms with E-state index in [9.17, 15) is 19.0 Å². The molecule has 0 fully saturated rings. The Morgan fingerprint density at radius 1 is 0.423 bits per heavy atom. The maximum atomic E-state index is 12.7.